The molecule has 0 nitrogen and oxygen atoms in total. The Morgan fingerprint density at radius 2 is 1.50 bits per heavy atom. The second-order valence-corrected chi connectivity index (χ2v) is 6.86. The quantitative estimate of drug-likeness (QED) is 0.621. The zero-order valence-corrected chi connectivity index (χ0v) is 10.1. The molecule has 0 heterocycles. The first-order valence-corrected chi connectivity index (χ1v) is 6.57. The van der Waals surface area contributed by atoms with Crippen molar-refractivity contribution in [3.63, 3.8) is 0 Å². The van der Waals surface area contributed by atoms with Crippen molar-refractivity contribution in [2.75, 3.05) is 0 Å². The molecule has 14 heavy (non-hydrogen) atoms. The summed E-state index contributed by atoms with van der Waals surface area (Å²) in [5.41, 5.74) is 0.916. The molecule has 3 aliphatic rings. The van der Waals surface area contributed by atoms with Crippen LogP contribution in [0.5, 0.6) is 0 Å². The SMILES string of the molecule is CC(C)C1CC2C(C1)C21CC1C(C)C. The van der Waals surface area contributed by atoms with Crippen LogP contribution < -0.4 is 0 Å². The summed E-state index contributed by atoms with van der Waals surface area (Å²) in [4.78, 5) is 0. The van der Waals surface area contributed by atoms with Crippen molar-refractivity contribution < 1.29 is 0 Å². The Labute approximate surface area is 88.5 Å². The highest BCUT2D eigenvalue weighted by atomic mass is 14.8. The molecule has 0 aromatic carbocycles. The normalized spacial score (nSPS) is 54.4. The van der Waals surface area contributed by atoms with Gasteiger partial charge in [0.05, 0.1) is 0 Å². The third-order valence-electron chi connectivity index (χ3n) is 5.72. The van der Waals surface area contributed by atoms with Crippen LogP contribution in [0.4, 0.5) is 0 Å². The molecule has 0 bridgehead atoms. The van der Waals surface area contributed by atoms with Crippen LogP contribution in [-0.4, -0.2) is 0 Å². The molecule has 3 aliphatic carbocycles. The van der Waals surface area contributed by atoms with Gasteiger partial charge < -0.3 is 0 Å². The predicted octanol–water partition coefficient (Wildman–Crippen LogP) is 3.96. The van der Waals surface area contributed by atoms with Crippen molar-refractivity contribution in [1.29, 1.82) is 0 Å². The van der Waals surface area contributed by atoms with Gasteiger partial charge in [-0.15, -0.1) is 0 Å². The fourth-order valence-electron chi connectivity index (χ4n) is 4.72. The van der Waals surface area contributed by atoms with E-state index >= 15 is 0 Å². The fraction of sp³-hybridized carbons (Fsp3) is 1.00. The standard InChI is InChI=1S/C14H24/c1-8(2)10-5-11-12(6-10)14(11)7-13(14)9(3)4/h8-13H,5-7H2,1-4H3. The van der Waals surface area contributed by atoms with Gasteiger partial charge in [0, 0.05) is 0 Å². The van der Waals surface area contributed by atoms with E-state index in [2.05, 4.69) is 27.7 Å². The summed E-state index contributed by atoms with van der Waals surface area (Å²) in [7, 11) is 0. The minimum atomic E-state index is 0.916. The number of hydrogen-bond acceptors (Lipinski definition) is 0. The van der Waals surface area contributed by atoms with E-state index < -0.39 is 0 Å². The van der Waals surface area contributed by atoms with Crippen LogP contribution in [0, 0.1) is 40.9 Å². The Kier molecular flexibility index (Phi) is 1.70. The van der Waals surface area contributed by atoms with Crippen molar-refractivity contribution in [3.8, 4) is 0 Å². The highest BCUT2D eigenvalue weighted by Gasteiger charge is 2.79. The Hall–Kier alpha value is 0. The Balaban J connectivity index is 1.63. The lowest BCUT2D eigenvalue weighted by molar-refractivity contribution is 0.317. The molecule has 0 N–H and O–H groups in total. The molecule has 80 valence electrons. The summed E-state index contributed by atoms with van der Waals surface area (Å²) in [6.45, 7) is 9.67. The van der Waals surface area contributed by atoms with Gasteiger partial charge in [-0.25, -0.2) is 0 Å². The molecule has 3 saturated carbocycles. The zero-order chi connectivity index (χ0) is 10.1. The van der Waals surface area contributed by atoms with Crippen molar-refractivity contribution in [1.82, 2.24) is 0 Å². The smallest absolute Gasteiger partial charge is 0.0201 e. The maximum atomic E-state index is 2.42. The van der Waals surface area contributed by atoms with Crippen molar-refractivity contribution >= 4 is 0 Å². The largest absolute Gasteiger partial charge is 0.0625 e. The van der Waals surface area contributed by atoms with Crippen molar-refractivity contribution in [2.45, 2.75) is 47.0 Å². The van der Waals surface area contributed by atoms with E-state index in [0.29, 0.717) is 0 Å². The number of hydrogen-bond donors (Lipinski definition) is 0. The molecular formula is C14H24. The molecule has 0 aromatic rings. The van der Waals surface area contributed by atoms with Gasteiger partial charge >= 0.3 is 0 Å². The summed E-state index contributed by atoms with van der Waals surface area (Å²) in [6, 6.07) is 0. The van der Waals surface area contributed by atoms with Gasteiger partial charge in [-0.3, -0.25) is 0 Å². The predicted molar refractivity (Wildman–Crippen MR) is 59.9 cm³/mol. The van der Waals surface area contributed by atoms with E-state index in [1.54, 1.807) is 19.3 Å². The lowest BCUT2D eigenvalue weighted by Gasteiger charge is -2.18. The molecule has 0 saturated heterocycles. The molecule has 3 atom stereocenters. The van der Waals surface area contributed by atoms with Gasteiger partial charge in [0.1, 0.15) is 0 Å². The first kappa shape index (κ1) is 9.24. The van der Waals surface area contributed by atoms with E-state index in [4.69, 9.17) is 0 Å². The molecule has 0 aromatic heterocycles. The first-order valence-electron chi connectivity index (χ1n) is 6.57. The van der Waals surface area contributed by atoms with Crippen LogP contribution in [0.2, 0.25) is 0 Å². The zero-order valence-electron chi connectivity index (χ0n) is 10.1. The van der Waals surface area contributed by atoms with Crippen LogP contribution in [0.15, 0.2) is 0 Å². The van der Waals surface area contributed by atoms with E-state index in [1.165, 1.54) is 11.8 Å². The molecule has 0 amide bonds. The third-order valence-corrected chi connectivity index (χ3v) is 5.72. The van der Waals surface area contributed by atoms with E-state index in [1.807, 2.05) is 0 Å². The minimum absolute atomic E-state index is 0.916. The van der Waals surface area contributed by atoms with Crippen LogP contribution in [0.3, 0.4) is 0 Å². The fourth-order valence-corrected chi connectivity index (χ4v) is 4.72. The minimum Gasteiger partial charge on any atom is -0.0625 e. The van der Waals surface area contributed by atoms with E-state index in [-0.39, 0.29) is 0 Å². The second-order valence-electron chi connectivity index (χ2n) is 6.86. The van der Waals surface area contributed by atoms with E-state index in [0.717, 1.165) is 29.1 Å². The molecule has 3 rings (SSSR count). The second kappa shape index (κ2) is 2.57. The lowest BCUT2D eigenvalue weighted by Crippen LogP contribution is -2.09. The highest BCUT2D eigenvalue weighted by molar-refractivity contribution is 5.27. The summed E-state index contributed by atoms with van der Waals surface area (Å²) in [5.74, 6) is 6.42. The topological polar surface area (TPSA) is 0 Å². The average molecular weight is 192 g/mol. The lowest BCUT2D eigenvalue weighted by atomic mass is 9.87. The van der Waals surface area contributed by atoms with Gasteiger partial charge in [0.2, 0.25) is 0 Å². The Bertz CT molecular complexity index is 239. The average Bonchev–Trinajstić information content (AvgIpc) is 2.90. The summed E-state index contributed by atoms with van der Waals surface area (Å²) >= 11 is 0. The Morgan fingerprint density at radius 3 is 1.86 bits per heavy atom. The summed E-state index contributed by atoms with van der Waals surface area (Å²) in [5, 5.41) is 0. The monoisotopic (exact) mass is 192 g/mol. The molecule has 3 fully saturated rings. The number of rotatable bonds is 2. The maximum Gasteiger partial charge on any atom is -0.0201 e. The summed E-state index contributed by atoms with van der Waals surface area (Å²) < 4.78 is 0. The van der Waals surface area contributed by atoms with Gasteiger partial charge in [-0.1, -0.05) is 27.7 Å². The van der Waals surface area contributed by atoms with Crippen molar-refractivity contribution in [3.05, 3.63) is 0 Å². The van der Waals surface area contributed by atoms with Gasteiger partial charge in [-0.2, -0.15) is 0 Å². The summed E-state index contributed by atoms with van der Waals surface area (Å²) in [6.07, 6.45) is 4.74. The van der Waals surface area contributed by atoms with Gasteiger partial charge in [0.15, 0.2) is 0 Å². The van der Waals surface area contributed by atoms with E-state index in [9.17, 15) is 0 Å². The number of fused-ring (bicyclic) bond motifs is 3. The molecule has 0 aliphatic heterocycles. The first-order chi connectivity index (χ1) is 6.57. The van der Waals surface area contributed by atoms with Crippen molar-refractivity contribution in [2.24, 2.45) is 40.9 Å². The Morgan fingerprint density at radius 1 is 0.929 bits per heavy atom. The molecule has 0 heteroatoms. The van der Waals surface area contributed by atoms with Crippen LogP contribution in [0.1, 0.15) is 47.0 Å². The van der Waals surface area contributed by atoms with Gasteiger partial charge in [0.25, 0.3) is 0 Å². The van der Waals surface area contributed by atoms with Gasteiger partial charge in [-0.05, 0) is 60.2 Å². The molecule has 0 radical (unpaired) electrons. The molecular weight excluding hydrogens is 168 g/mol. The molecule has 3 unspecified atom stereocenters. The highest BCUT2D eigenvalue weighted by Crippen LogP contribution is 2.85. The van der Waals surface area contributed by atoms with Crippen LogP contribution >= 0.6 is 0 Å². The maximum absolute atomic E-state index is 2.42. The molecule has 1 spiro atoms. The van der Waals surface area contributed by atoms with Crippen LogP contribution in [0.25, 0.3) is 0 Å². The van der Waals surface area contributed by atoms with Crippen LogP contribution in [-0.2, 0) is 0 Å². The third kappa shape index (κ3) is 0.955.